The molecule has 0 fully saturated rings. The molecule has 1 rings (SSSR count). The van der Waals surface area contributed by atoms with Crippen molar-refractivity contribution in [1.82, 2.24) is 5.32 Å². The average molecular weight is 221 g/mol. The predicted molar refractivity (Wildman–Crippen MR) is 68.9 cm³/mol. The third kappa shape index (κ3) is 5.89. The lowest BCUT2D eigenvalue weighted by Gasteiger charge is -2.05. The topological polar surface area (TPSA) is 21.3 Å². The highest BCUT2D eigenvalue weighted by Gasteiger charge is 1.92. The summed E-state index contributed by atoms with van der Waals surface area (Å²) in [4.78, 5) is 0. The number of hydrogen-bond donors (Lipinski definition) is 1. The molecule has 0 saturated heterocycles. The van der Waals surface area contributed by atoms with E-state index in [0.29, 0.717) is 0 Å². The van der Waals surface area contributed by atoms with Crippen LogP contribution in [0.25, 0.3) is 0 Å². The Labute approximate surface area is 99.0 Å². The molecule has 2 nitrogen and oxygen atoms in total. The van der Waals surface area contributed by atoms with Crippen molar-refractivity contribution in [3.8, 4) is 0 Å². The van der Waals surface area contributed by atoms with Crippen LogP contribution in [0.2, 0.25) is 0 Å². The van der Waals surface area contributed by atoms with E-state index in [-0.39, 0.29) is 0 Å². The van der Waals surface area contributed by atoms with E-state index < -0.39 is 0 Å². The van der Waals surface area contributed by atoms with Crippen molar-refractivity contribution < 1.29 is 4.74 Å². The van der Waals surface area contributed by atoms with Gasteiger partial charge < -0.3 is 10.1 Å². The molecule has 0 unspecified atom stereocenters. The van der Waals surface area contributed by atoms with Gasteiger partial charge in [-0.15, -0.1) is 0 Å². The molecule has 0 heterocycles. The van der Waals surface area contributed by atoms with Gasteiger partial charge in [0.05, 0.1) is 6.61 Å². The van der Waals surface area contributed by atoms with Gasteiger partial charge in [-0.3, -0.25) is 0 Å². The van der Waals surface area contributed by atoms with Crippen LogP contribution < -0.4 is 5.32 Å². The van der Waals surface area contributed by atoms with Crippen molar-refractivity contribution in [3.63, 3.8) is 0 Å². The van der Waals surface area contributed by atoms with E-state index in [4.69, 9.17) is 4.74 Å². The summed E-state index contributed by atoms with van der Waals surface area (Å²) in [5.74, 6) is 0. The van der Waals surface area contributed by atoms with E-state index in [1.165, 1.54) is 11.1 Å². The van der Waals surface area contributed by atoms with Gasteiger partial charge in [-0.05, 0) is 31.9 Å². The zero-order valence-corrected chi connectivity index (χ0v) is 10.5. The maximum atomic E-state index is 5.39. The van der Waals surface area contributed by atoms with Crippen LogP contribution in [-0.4, -0.2) is 26.3 Å². The fourth-order valence-electron chi connectivity index (χ4n) is 1.50. The molecule has 0 aliphatic heterocycles. The molecule has 90 valence electrons. The summed E-state index contributed by atoms with van der Waals surface area (Å²) < 4.78 is 5.39. The van der Waals surface area contributed by atoms with E-state index in [0.717, 1.165) is 39.1 Å². The van der Waals surface area contributed by atoms with E-state index >= 15 is 0 Å². The lowest BCUT2D eigenvalue weighted by atomic mass is 10.1. The van der Waals surface area contributed by atoms with Gasteiger partial charge in [0.15, 0.2) is 0 Å². The normalized spacial score (nSPS) is 10.6. The smallest absolute Gasteiger partial charge is 0.0590 e. The Morgan fingerprint density at radius 3 is 2.50 bits per heavy atom. The first-order valence-corrected chi connectivity index (χ1v) is 6.17. The first-order chi connectivity index (χ1) is 7.83. The molecule has 0 amide bonds. The summed E-state index contributed by atoms with van der Waals surface area (Å²) in [6.07, 6.45) is 2.19. The van der Waals surface area contributed by atoms with Crippen LogP contribution in [0.5, 0.6) is 0 Å². The molecule has 2 heteroatoms. The predicted octanol–water partition coefficient (Wildman–Crippen LogP) is 2.55. The van der Waals surface area contributed by atoms with E-state index in [1.54, 1.807) is 0 Å². The van der Waals surface area contributed by atoms with Crippen LogP contribution in [0.15, 0.2) is 24.3 Å². The van der Waals surface area contributed by atoms with Gasteiger partial charge in [0, 0.05) is 13.2 Å². The molecule has 0 saturated carbocycles. The van der Waals surface area contributed by atoms with Gasteiger partial charge >= 0.3 is 0 Å². The lowest BCUT2D eigenvalue weighted by Crippen LogP contribution is -2.22. The second-order valence-electron chi connectivity index (χ2n) is 4.10. The summed E-state index contributed by atoms with van der Waals surface area (Å²) >= 11 is 0. The minimum atomic E-state index is 0.821. The van der Waals surface area contributed by atoms with Gasteiger partial charge in [0.25, 0.3) is 0 Å². The fraction of sp³-hybridized carbons (Fsp3) is 0.571. The highest BCUT2D eigenvalue weighted by molar-refractivity contribution is 5.21. The summed E-state index contributed by atoms with van der Waals surface area (Å²) in [5, 5.41) is 3.38. The van der Waals surface area contributed by atoms with Gasteiger partial charge in [-0.2, -0.15) is 0 Å². The van der Waals surface area contributed by atoms with Gasteiger partial charge in [0.2, 0.25) is 0 Å². The van der Waals surface area contributed by atoms with Crippen molar-refractivity contribution >= 4 is 0 Å². The highest BCUT2D eigenvalue weighted by Crippen LogP contribution is 2.02. The zero-order chi connectivity index (χ0) is 11.6. The van der Waals surface area contributed by atoms with Gasteiger partial charge in [-0.1, -0.05) is 36.8 Å². The standard InChI is InChI=1S/C14H23NO/c1-3-11-16-12-10-15-9-8-14-6-4-13(2)5-7-14/h4-7,15H,3,8-12H2,1-2H3. The SMILES string of the molecule is CCCOCCNCCc1ccc(C)cc1. The Morgan fingerprint density at radius 2 is 1.81 bits per heavy atom. The van der Waals surface area contributed by atoms with Crippen molar-refractivity contribution in [2.75, 3.05) is 26.3 Å². The fourth-order valence-corrected chi connectivity index (χ4v) is 1.50. The maximum Gasteiger partial charge on any atom is 0.0590 e. The number of aryl methyl sites for hydroxylation is 1. The molecule has 1 N–H and O–H groups in total. The van der Waals surface area contributed by atoms with E-state index in [1.807, 2.05) is 0 Å². The number of nitrogens with one attached hydrogen (secondary N) is 1. The second-order valence-corrected chi connectivity index (χ2v) is 4.10. The Bertz CT molecular complexity index is 269. The van der Waals surface area contributed by atoms with E-state index in [2.05, 4.69) is 43.4 Å². The minimum Gasteiger partial charge on any atom is -0.380 e. The van der Waals surface area contributed by atoms with Crippen molar-refractivity contribution in [2.24, 2.45) is 0 Å². The first kappa shape index (κ1) is 13.2. The lowest BCUT2D eigenvalue weighted by molar-refractivity contribution is 0.137. The van der Waals surface area contributed by atoms with Crippen LogP contribution in [0.1, 0.15) is 24.5 Å². The molecule has 0 aliphatic rings. The molecule has 0 radical (unpaired) electrons. The summed E-state index contributed by atoms with van der Waals surface area (Å²) in [6.45, 7) is 7.92. The highest BCUT2D eigenvalue weighted by atomic mass is 16.5. The Balaban J connectivity index is 2.01. The molecule has 0 spiro atoms. The van der Waals surface area contributed by atoms with Crippen LogP contribution in [0.4, 0.5) is 0 Å². The monoisotopic (exact) mass is 221 g/mol. The molecular weight excluding hydrogens is 198 g/mol. The van der Waals surface area contributed by atoms with Crippen LogP contribution in [0.3, 0.4) is 0 Å². The third-order valence-corrected chi connectivity index (χ3v) is 2.48. The number of ether oxygens (including phenoxy) is 1. The van der Waals surface area contributed by atoms with Crippen LogP contribution >= 0.6 is 0 Å². The summed E-state index contributed by atoms with van der Waals surface area (Å²) in [5.41, 5.74) is 2.72. The van der Waals surface area contributed by atoms with Crippen molar-refractivity contribution in [1.29, 1.82) is 0 Å². The second kappa shape index (κ2) is 8.31. The van der Waals surface area contributed by atoms with Crippen LogP contribution in [0, 0.1) is 6.92 Å². The Hall–Kier alpha value is -0.860. The average Bonchev–Trinajstić information content (AvgIpc) is 2.30. The zero-order valence-electron chi connectivity index (χ0n) is 10.5. The van der Waals surface area contributed by atoms with E-state index in [9.17, 15) is 0 Å². The number of benzene rings is 1. The molecule has 16 heavy (non-hydrogen) atoms. The molecule has 0 bridgehead atoms. The van der Waals surface area contributed by atoms with Crippen molar-refractivity contribution in [2.45, 2.75) is 26.7 Å². The Morgan fingerprint density at radius 1 is 1.06 bits per heavy atom. The quantitative estimate of drug-likeness (QED) is 0.681. The third-order valence-electron chi connectivity index (χ3n) is 2.48. The number of rotatable bonds is 8. The summed E-state index contributed by atoms with van der Waals surface area (Å²) in [7, 11) is 0. The molecule has 1 aromatic carbocycles. The molecular formula is C14H23NO. The van der Waals surface area contributed by atoms with Gasteiger partial charge in [-0.25, -0.2) is 0 Å². The molecule has 0 aromatic heterocycles. The largest absolute Gasteiger partial charge is 0.380 e. The van der Waals surface area contributed by atoms with Crippen LogP contribution in [-0.2, 0) is 11.2 Å². The van der Waals surface area contributed by atoms with Crippen molar-refractivity contribution in [3.05, 3.63) is 35.4 Å². The minimum absolute atomic E-state index is 0.821. The summed E-state index contributed by atoms with van der Waals surface area (Å²) in [6, 6.07) is 8.73. The number of hydrogen-bond acceptors (Lipinski definition) is 2. The molecule has 0 aliphatic carbocycles. The van der Waals surface area contributed by atoms with Gasteiger partial charge in [0.1, 0.15) is 0 Å². The molecule has 1 aromatic rings. The first-order valence-electron chi connectivity index (χ1n) is 6.17. The Kier molecular flexibility index (Phi) is 6.86. The maximum absolute atomic E-state index is 5.39. The molecule has 0 atom stereocenters.